The lowest BCUT2D eigenvalue weighted by atomic mass is 10.0. The fourth-order valence-corrected chi connectivity index (χ4v) is 1.71. The number of hydrogen-bond donors (Lipinski definition) is 1. The molecule has 1 aromatic carbocycles. The third-order valence-corrected chi connectivity index (χ3v) is 2.42. The van der Waals surface area contributed by atoms with E-state index >= 15 is 0 Å². The Balaban J connectivity index is 3.07. The molecule has 1 rings (SSSR count). The van der Waals surface area contributed by atoms with E-state index in [4.69, 9.17) is 15.2 Å². The number of aryl methyl sites for hydroxylation is 1. The molecule has 0 aliphatic heterocycles. The van der Waals surface area contributed by atoms with Crippen LogP contribution < -0.4 is 15.2 Å². The van der Waals surface area contributed by atoms with Crippen molar-refractivity contribution in [2.24, 2.45) is 5.73 Å². The van der Waals surface area contributed by atoms with Crippen molar-refractivity contribution in [3.63, 3.8) is 0 Å². The molecule has 90 valence electrons. The second-order valence-electron chi connectivity index (χ2n) is 4.04. The molecule has 0 amide bonds. The Morgan fingerprint density at radius 2 is 2.00 bits per heavy atom. The number of methoxy groups -OCH3 is 1. The highest BCUT2D eigenvalue weighted by Crippen LogP contribution is 2.29. The Bertz CT molecular complexity index is 348. The van der Waals surface area contributed by atoms with E-state index in [1.54, 1.807) is 7.11 Å². The summed E-state index contributed by atoms with van der Waals surface area (Å²) in [5.41, 5.74) is 8.01. The van der Waals surface area contributed by atoms with Crippen LogP contribution in [0.3, 0.4) is 0 Å². The monoisotopic (exact) mass is 223 g/mol. The predicted molar refractivity (Wildman–Crippen MR) is 66.3 cm³/mol. The molecule has 0 spiro atoms. The lowest BCUT2D eigenvalue weighted by Crippen LogP contribution is -2.18. The minimum atomic E-state index is 0.117. The van der Waals surface area contributed by atoms with Crippen molar-refractivity contribution < 1.29 is 9.47 Å². The highest BCUT2D eigenvalue weighted by Gasteiger charge is 2.10. The molecule has 2 N–H and O–H groups in total. The van der Waals surface area contributed by atoms with E-state index in [1.165, 1.54) is 0 Å². The van der Waals surface area contributed by atoms with Gasteiger partial charge in [-0.1, -0.05) is 0 Å². The molecule has 3 heteroatoms. The van der Waals surface area contributed by atoms with Gasteiger partial charge in [0.1, 0.15) is 11.5 Å². The molecule has 0 saturated heterocycles. The Labute approximate surface area is 97.6 Å². The third-order valence-electron chi connectivity index (χ3n) is 2.42. The number of rotatable bonds is 5. The molecule has 16 heavy (non-hydrogen) atoms. The molecule has 0 heterocycles. The van der Waals surface area contributed by atoms with Crippen molar-refractivity contribution in [1.82, 2.24) is 0 Å². The van der Waals surface area contributed by atoms with Crippen LogP contribution in [0.5, 0.6) is 11.5 Å². The molecule has 0 bridgehead atoms. The Morgan fingerprint density at radius 3 is 2.50 bits per heavy atom. The lowest BCUT2D eigenvalue weighted by molar-refractivity contribution is 0.335. The van der Waals surface area contributed by atoms with Gasteiger partial charge in [0, 0.05) is 6.04 Å². The molecule has 3 nitrogen and oxygen atoms in total. The van der Waals surface area contributed by atoms with Gasteiger partial charge < -0.3 is 15.2 Å². The Kier molecular flexibility index (Phi) is 4.62. The average Bonchev–Trinajstić information content (AvgIpc) is 2.22. The lowest BCUT2D eigenvalue weighted by Gasteiger charge is -2.15. The van der Waals surface area contributed by atoms with Crippen molar-refractivity contribution in [3.05, 3.63) is 23.3 Å². The average molecular weight is 223 g/mol. The van der Waals surface area contributed by atoms with Crippen molar-refractivity contribution in [2.75, 3.05) is 13.7 Å². The van der Waals surface area contributed by atoms with Crippen molar-refractivity contribution in [3.8, 4) is 11.5 Å². The number of nitrogens with two attached hydrogens (primary N) is 1. The van der Waals surface area contributed by atoms with Gasteiger partial charge in [0.15, 0.2) is 0 Å². The van der Waals surface area contributed by atoms with Gasteiger partial charge in [0.2, 0.25) is 0 Å². The smallest absolute Gasteiger partial charge is 0.122 e. The Morgan fingerprint density at radius 1 is 1.31 bits per heavy atom. The van der Waals surface area contributed by atoms with E-state index in [2.05, 4.69) is 0 Å². The second kappa shape index (κ2) is 5.75. The molecule has 1 unspecified atom stereocenters. The summed E-state index contributed by atoms with van der Waals surface area (Å²) in [6, 6.07) is 4.15. The highest BCUT2D eigenvalue weighted by molar-refractivity contribution is 5.46. The van der Waals surface area contributed by atoms with E-state index in [-0.39, 0.29) is 6.04 Å². The molecule has 0 saturated carbocycles. The molecular formula is C13H21NO2. The number of hydrogen-bond acceptors (Lipinski definition) is 3. The van der Waals surface area contributed by atoms with Gasteiger partial charge in [0.25, 0.3) is 0 Å². The number of benzene rings is 1. The largest absolute Gasteiger partial charge is 0.496 e. The van der Waals surface area contributed by atoms with Crippen LogP contribution in [-0.4, -0.2) is 19.8 Å². The maximum atomic E-state index is 5.81. The van der Waals surface area contributed by atoms with Crippen LogP contribution in [0, 0.1) is 6.92 Å². The molecule has 1 aromatic rings. The van der Waals surface area contributed by atoms with Crippen molar-refractivity contribution in [1.29, 1.82) is 0 Å². The SMILES string of the molecule is CCOc1cc(CC(C)N)c(OC)cc1C. The zero-order valence-electron chi connectivity index (χ0n) is 10.5. The summed E-state index contributed by atoms with van der Waals surface area (Å²) in [4.78, 5) is 0. The molecular weight excluding hydrogens is 202 g/mol. The maximum absolute atomic E-state index is 5.81. The minimum Gasteiger partial charge on any atom is -0.496 e. The predicted octanol–water partition coefficient (Wildman–Crippen LogP) is 2.29. The van der Waals surface area contributed by atoms with Gasteiger partial charge >= 0.3 is 0 Å². The Hall–Kier alpha value is -1.22. The minimum absolute atomic E-state index is 0.117. The molecule has 1 atom stereocenters. The van der Waals surface area contributed by atoms with Gasteiger partial charge in [-0.3, -0.25) is 0 Å². The quantitative estimate of drug-likeness (QED) is 0.833. The van der Waals surface area contributed by atoms with Crippen LogP contribution in [0.2, 0.25) is 0 Å². The molecule has 0 aliphatic carbocycles. The van der Waals surface area contributed by atoms with Crippen LogP contribution in [-0.2, 0) is 6.42 Å². The van der Waals surface area contributed by atoms with Gasteiger partial charge in [-0.15, -0.1) is 0 Å². The summed E-state index contributed by atoms with van der Waals surface area (Å²) in [5, 5.41) is 0. The summed E-state index contributed by atoms with van der Waals surface area (Å²) >= 11 is 0. The van der Waals surface area contributed by atoms with E-state index < -0.39 is 0 Å². The first-order valence-electron chi connectivity index (χ1n) is 5.64. The summed E-state index contributed by atoms with van der Waals surface area (Å²) in [6.45, 7) is 6.66. The van der Waals surface area contributed by atoms with Crippen molar-refractivity contribution in [2.45, 2.75) is 33.2 Å². The summed E-state index contributed by atoms with van der Waals surface area (Å²) in [6.07, 6.45) is 0.795. The molecule has 0 aromatic heterocycles. The van der Waals surface area contributed by atoms with Gasteiger partial charge in [-0.25, -0.2) is 0 Å². The second-order valence-corrected chi connectivity index (χ2v) is 4.04. The standard InChI is InChI=1S/C13H21NO2/c1-5-16-12-8-11(7-10(3)14)13(15-4)6-9(12)2/h6,8,10H,5,7,14H2,1-4H3. The van der Waals surface area contributed by atoms with Crippen LogP contribution in [0.25, 0.3) is 0 Å². The fraction of sp³-hybridized carbons (Fsp3) is 0.538. The van der Waals surface area contributed by atoms with Crippen molar-refractivity contribution >= 4 is 0 Å². The van der Waals surface area contributed by atoms with Gasteiger partial charge in [-0.05, 0) is 50.5 Å². The molecule has 0 aliphatic rings. The van der Waals surface area contributed by atoms with E-state index in [9.17, 15) is 0 Å². The van der Waals surface area contributed by atoms with Crippen LogP contribution in [0.15, 0.2) is 12.1 Å². The summed E-state index contributed by atoms with van der Waals surface area (Å²) in [5.74, 6) is 1.80. The topological polar surface area (TPSA) is 44.5 Å². The van der Waals surface area contributed by atoms with Crippen LogP contribution >= 0.6 is 0 Å². The first kappa shape index (κ1) is 12.8. The fourth-order valence-electron chi connectivity index (χ4n) is 1.71. The molecule has 0 fully saturated rings. The van der Waals surface area contributed by atoms with E-state index in [0.717, 1.165) is 29.0 Å². The normalized spacial score (nSPS) is 12.3. The third kappa shape index (κ3) is 3.14. The summed E-state index contributed by atoms with van der Waals surface area (Å²) in [7, 11) is 1.68. The maximum Gasteiger partial charge on any atom is 0.122 e. The molecule has 0 radical (unpaired) electrons. The van der Waals surface area contributed by atoms with Gasteiger partial charge in [0.05, 0.1) is 13.7 Å². The zero-order chi connectivity index (χ0) is 12.1. The van der Waals surface area contributed by atoms with Gasteiger partial charge in [-0.2, -0.15) is 0 Å². The zero-order valence-corrected chi connectivity index (χ0v) is 10.5. The summed E-state index contributed by atoms with van der Waals surface area (Å²) < 4.78 is 10.9. The van der Waals surface area contributed by atoms with Crippen LogP contribution in [0.4, 0.5) is 0 Å². The first-order valence-corrected chi connectivity index (χ1v) is 5.64. The van der Waals surface area contributed by atoms with E-state index in [0.29, 0.717) is 6.61 Å². The first-order chi connectivity index (χ1) is 7.58. The highest BCUT2D eigenvalue weighted by atomic mass is 16.5. The number of ether oxygens (including phenoxy) is 2. The van der Waals surface area contributed by atoms with Crippen LogP contribution in [0.1, 0.15) is 25.0 Å². The van der Waals surface area contributed by atoms with E-state index in [1.807, 2.05) is 32.9 Å².